The number of rotatable bonds is 6. The Morgan fingerprint density at radius 1 is 1.05 bits per heavy atom. The smallest absolute Gasteiger partial charge is 0.312 e. The number of hydrogen-bond donors (Lipinski definition) is 1. The molecule has 0 aromatic heterocycles. The molecule has 0 radical (unpaired) electrons. The van der Waals surface area contributed by atoms with E-state index in [4.69, 9.17) is 23.7 Å². The summed E-state index contributed by atoms with van der Waals surface area (Å²) in [5.74, 6) is -5.29. The number of carbonyl (C=O) groups is 5. The molecule has 2 aliphatic carbocycles. The molecule has 9 atom stereocenters. The summed E-state index contributed by atoms with van der Waals surface area (Å²) in [7, 11) is 0. The molecule has 1 heterocycles. The van der Waals surface area contributed by atoms with Crippen molar-refractivity contribution in [2.75, 3.05) is 0 Å². The van der Waals surface area contributed by atoms with Crippen LogP contribution in [-0.2, 0) is 47.7 Å². The maximum atomic E-state index is 13.1. The third-order valence-electron chi connectivity index (χ3n) is 8.84. The fourth-order valence-electron chi connectivity index (χ4n) is 6.73. The summed E-state index contributed by atoms with van der Waals surface area (Å²) in [5.41, 5.74) is -2.52. The van der Waals surface area contributed by atoms with Gasteiger partial charge in [0.1, 0.15) is 24.4 Å². The van der Waals surface area contributed by atoms with E-state index in [-0.39, 0.29) is 18.8 Å². The maximum absolute atomic E-state index is 13.1. The van der Waals surface area contributed by atoms with Gasteiger partial charge in [0.15, 0.2) is 11.7 Å². The van der Waals surface area contributed by atoms with Gasteiger partial charge in [-0.2, -0.15) is 0 Å². The molecule has 2 fully saturated rings. The topological polar surface area (TPSA) is 152 Å². The third kappa shape index (κ3) is 6.40. The minimum absolute atomic E-state index is 0.00636. The zero-order valence-corrected chi connectivity index (χ0v) is 25.8. The predicted molar refractivity (Wildman–Crippen MR) is 148 cm³/mol. The van der Waals surface area contributed by atoms with Crippen molar-refractivity contribution >= 4 is 29.8 Å². The molecule has 234 valence electrons. The molecule has 1 aliphatic heterocycles. The molecule has 1 saturated heterocycles. The zero-order valence-electron chi connectivity index (χ0n) is 25.8. The Bertz CT molecular complexity index is 1160. The molecule has 1 saturated carbocycles. The molecular formula is C31H44O11. The Hall–Kier alpha value is -3.21. The van der Waals surface area contributed by atoms with Gasteiger partial charge in [0.25, 0.3) is 0 Å². The second kappa shape index (κ2) is 12.6. The van der Waals surface area contributed by atoms with Gasteiger partial charge in [0, 0.05) is 39.5 Å². The average molecular weight is 593 g/mol. The van der Waals surface area contributed by atoms with Gasteiger partial charge >= 0.3 is 29.8 Å². The minimum Gasteiger partial charge on any atom is -0.462 e. The van der Waals surface area contributed by atoms with E-state index in [2.05, 4.69) is 6.58 Å². The van der Waals surface area contributed by atoms with Crippen molar-refractivity contribution in [3.05, 3.63) is 23.8 Å². The van der Waals surface area contributed by atoms with Crippen molar-refractivity contribution < 1.29 is 52.8 Å². The van der Waals surface area contributed by atoms with Crippen molar-refractivity contribution in [3.8, 4) is 0 Å². The number of hydrogen-bond acceptors (Lipinski definition) is 11. The highest BCUT2D eigenvalue weighted by molar-refractivity contribution is 5.78. The molecule has 3 rings (SSSR count). The van der Waals surface area contributed by atoms with Crippen LogP contribution in [0.5, 0.6) is 0 Å². The quantitative estimate of drug-likeness (QED) is 0.275. The molecule has 1 N–H and O–H groups in total. The third-order valence-corrected chi connectivity index (χ3v) is 8.84. The molecule has 0 spiro atoms. The van der Waals surface area contributed by atoms with Crippen LogP contribution in [0.2, 0.25) is 0 Å². The largest absolute Gasteiger partial charge is 0.462 e. The summed E-state index contributed by atoms with van der Waals surface area (Å²) < 4.78 is 29.2. The lowest BCUT2D eigenvalue weighted by molar-refractivity contribution is -0.222. The second-order valence-electron chi connectivity index (χ2n) is 12.5. The Labute approximate surface area is 246 Å². The Morgan fingerprint density at radius 3 is 2.19 bits per heavy atom. The number of aliphatic hydroxyl groups is 1. The van der Waals surface area contributed by atoms with Gasteiger partial charge in [0.2, 0.25) is 0 Å². The lowest BCUT2D eigenvalue weighted by atomic mass is 9.54. The van der Waals surface area contributed by atoms with Crippen LogP contribution >= 0.6 is 0 Å². The maximum Gasteiger partial charge on any atom is 0.312 e. The van der Waals surface area contributed by atoms with Gasteiger partial charge in [-0.25, -0.2) is 0 Å². The standard InChI is InChI=1S/C31H44O11/c1-15(2)12-26(35)41-23-11-10-16(3)27-28(40-21(8)34)31(37)18(5)29(36)42-25(31)13-17(4)22(38-19(6)32)14-24(30(23,27)9)39-20(7)33/h13,15,18,22-25,27-28,37H,3,10-12,14H2,1-2,4-9H3. The molecule has 11 nitrogen and oxygen atoms in total. The molecular weight excluding hydrogens is 548 g/mol. The summed E-state index contributed by atoms with van der Waals surface area (Å²) >= 11 is 0. The number of carbonyl (C=O) groups excluding carboxylic acids is 5. The van der Waals surface area contributed by atoms with Crippen LogP contribution in [0.4, 0.5) is 0 Å². The van der Waals surface area contributed by atoms with E-state index >= 15 is 0 Å². The highest BCUT2D eigenvalue weighted by Gasteiger charge is 2.67. The van der Waals surface area contributed by atoms with E-state index in [0.717, 1.165) is 0 Å². The zero-order chi connectivity index (χ0) is 31.7. The van der Waals surface area contributed by atoms with Crippen LogP contribution in [-0.4, -0.2) is 71.1 Å². The van der Waals surface area contributed by atoms with Crippen molar-refractivity contribution in [1.82, 2.24) is 0 Å². The minimum atomic E-state index is -2.11. The monoisotopic (exact) mass is 592 g/mol. The number of fused-ring (bicyclic) bond motifs is 2. The van der Waals surface area contributed by atoms with E-state index in [1.54, 1.807) is 13.8 Å². The van der Waals surface area contributed by atoms with Gasteiger partial charge in [-0.05, 0) is 44.3 Å². The van der Waals surface area contributed by atoms with Gasteiger partial charge in [0.05, 0.1) is 11.3 Å². The van der Waals surface area contributed by atoms with E-state index in [0.29, 0.717) is 24.0 Å². The van der Waals surface area contributed by atoms with E-state index in [9.17, 15) is 29.1 Å². The van der Waals surface area contributed by atoms with Crippen molar-refractivity contribution in [2.45, 2.75) is 117 Å². The number of esters is 5. The van der Waals surface area contributed by atoms with Crippen LogP contribution in [0.25, 0.3) is 0 Å². The average Bonchev–Trinajstić information content (AvgIpc) is 3.06. The first kappa shape index (κ1) is 33.3. The molecule has 0 amide bonds. The highest BCUT2D eigenvalue weighted by atomic mass is 16.6. The Balaban J connectivity index is 2.38. The predicted octanol–water partition coefficient (Wildman–Crippen LogP) is 3.35. The summed E-state index contributed by atoms with van der Waals surface area (Å²) in [6, 6.07) is 0. The molecule has 0 aromatic carbocycles. The second-order valence-corrected chi connectivity index (χ2v) is 12.5. The highest BCUT2D eigenvalue weighted by Crippen LogP contribution is 2.56. The SMILES string of the molecule is C=C1CCC(OC(=O)CC(C)C)C2(C)C(OC(C)=O)CC(OC(C)=O)C(C)=CC3OC(=O)C(C)C3(O)C(OC(C)=O)C12. The van der Waals surface area contributed by atoms with Crippen LogP contribution in [0.1, 0.15) is 81.1 Å². The van der Waals surface area contributed by atoms with Crippen LogP contribution in [0.15, 0.2) is 23.8 Å². The van der Waals surface area contributed by atoms with Crippen LogP contribution in [0, 0.1) is 23.2 Å². The molecule has 9 unspecified atom stereocenters. The van der Waals surface area contributed by atoms with Gasteiger partial charge in [-0.3, -0.25) is 24.0 Å². The molecule has 11 heteroatoms. The van der Waals surface area contributed by atoms with Gasteiger partial charge in [-0.15, -0.1) is 0 Å². The van der Waals surface area contributed by atoms with Crippen molar-refractivity contribution in [1.29, 1.82) is 0 Å². The van der Waals surface area contributed by atoms with E-state index in [1.165, 1.54) is 33.8 Å². The van der Waals surface area contributed by atoms with Crippen molar-refractivity contribution in [2.24, 2.45) is 23.2 Å². The van der Waals surface area contributed by atoms with Crippen LogP contribution < -0.4 is 0 Å². The molecule has 42 heavy (non-hydrogen) atoms. The lowest BCUT2D eigenvalue weighted by Gasteiger charge is -2.55. The normalized spacial score (nSPS) is 36.5. The molecule has 3 aliphatic rings. The van der Waals surface area contributed by atoms with E-state index in [1.807, 2.05) is 13.8 Å². The summed E-state index contributed by atoms with van der Waals surface area (Å²) in [5, 5.41) is 12.5. The fourth-order valence-corrected chi connectivity index (χ4v) is 6.73. The molecule has 0 aromatic rings. The van der Waals surface area contributed by atoms with Gasteiger partial charge in [-0.1, -0.05) is 32.9 Å². The van der Waals surface area contributed by atoms with Crippen molar-refractivity contribution in [3.63, 3.8) is 0 Å². The molecule has 0 bridgehead atoms. The summed E-state index contributed by atoms with van der Waals surface area (Å²) in [4.78, 5) is 63.4. The summed E-state index contributed by atoms with van der Waals surface area (Å²) in [6.07, 6.45) is -3.44. The first-order valence-corrected chi connectivity index (χ1v) is 14.4. The van der Waals surface area contributed by atoms with Crippen LogP contribution in [0.3, 0.4) is 0 Å². The fraction of sp³-hybridized carbons (Fsp3) is 0.710. The Kier molecular flexibility index (Phi) is 9.96. The lowest BCUT2D eigenvalue weighted by Crippen LogP contribution is -2.66. The van der Waals surface area contributed by atoms with E-state index < -0.39 is 83.2 Å². The first-order valence-electron chi connectivity index (χ1n) is 14.4. The first-order chi connectivity index (χ1) is 19.4. The van der Waals surface area contributed by atoms with Gasteiger partial charge < -0.3 is 28.8 Å². The number of ether oxygens (including phenoxy) is 5. The Morgan fingerprint density at radius 2 is 1.64 bits per heavy atom. The summed E-state index contributed by atoms with van der Waals surface area (Å²) in [6.45, 7) is 16.5.